The van der Waals surface area contributed by atoms with Crippen molar-refractivity contribution in [1.29, 1.82) is 0 Å². The summed E-state index contributed by atoms with van der Waals surface area (Å²) in [5, 5.41) is 12.7. The Balaban J connectivity index is 2.80. The summed E-state index contributed by atoms with van der Waals surface area (Å²) in [6.07, 6.45) is 2.70. The van der Waals surface area contributed by atoms with Crippen LogP contribution in [0.25, 0.3) is 0 Å². The fraction of sp³-hybridized carbons (Fsp3) is 0.455. The summed E-state index contributed by atoms with van der Waals surface area (Å²) in [6.45, 7) is 4.34. The maximum absolute atomic E-state index is 8.63. The molecule has 0 atom stereocenters. The van der Waals surface area contributed by atoms with E-state index in [1.165, 1.54) is 0 Å². The van der Waals surface area contributed by atoms with Crippen molar-refractivity contribution in [1.82, 2.24) is 4.98 Å². The van der Waals surface area contributed by atoms with Crippen LogP contribution in [0.3, 0.4) is 0 Å². The fourth-order valence-electron chi connectivity index (χ4n) is 1.17. The smallest absolute Gasteiger partial charge is 0.171 e. The zero-order valence-electron chi connectivity index (χ0n) is 9.85. The lowest BCUT2D eigenvalue weighted by Crippen LogP contribution is -2.14. The predicted octanol–water partition coefficient (Wildman–Crippen LogP) is 2.97. The number of halogens is 1. The largest absolute Gasteiger partial charge is 0.409 e. The van der Waals surface area contributed by atoms with E-state index in [0.717, 1.165) is 17.2 Å². The number of oxime groups is 1. The van der Waals surface area contributed by atoms with E-state index in [0.29, 0.717) is 16.5 Å². The van der Waals surface area contributed by atoms with Gasteiger partial charge >= 0.3 is 0 Å². The number of pyridine rings is 1. The lowest BCUT2D eigenvalue weighted by Gasteiger charge is -2.08. The van der Waals surface area contributed by atoms with Crippen LogP contribution in [0.5, 0.6) is 0 Å². The molecular formula is C11H16ClN3OS. The minimum absolute atomic E-state index is 0.00288. The Morgan fingerprint density at radius 3 is 2.94 bits per heavy atom. The SMILES string of the molecule is CC(C)CCSc1nccc(/C(N)=N/O)c1Cl. The lowest BCUT2D eigenvalue weighted by atomic mass is 10.2. The minimum atomic E-state index is 0.00288. The average molecular weight is 274 g/mol. The molecule has 0 radical (unpaired) electrons. The van der Waals surface area contributed by atoms with E-state index in [1.807, 2.05) is 0 Å². The Morgan fingerprint density at radius 1 is 1.65 bits per heavy atom. The molecule has 0 aliphatic heterocycles. The van der Waals surface area contributed by atoms with Crippen molar-refractivity contribution in [3.8, 4) is 0 Å². The summed E-state index contributed by atoms with van der Waals surface area (Å²) in [4.78, 5) is 4.19. The van der Waals surface area contributed by atoms with Crippen molar-refractivity contribution in [3.63, 3.8) is 0 Å². The molecule has 0 saturated heterocycles. The third kappa shape index (κ3) is 4.09. The van der Waals surface area contributed by atoms with Crippen LogP contribution < -0.4 is 5.73 Å². The highest BCUT2D eigenvalue weighted by Crippen LogP contribution is 2.28. The number of hydrogen-bond donors (Lipinski definition) is 2. The Kier molecular flexibility index (Phi) is 5.58. The summed E-state index contributed by atoms with van der Waals surface area (Å²) >= 11 is 7.72. The van der Waals surface area contributed by atoms with Crippen LogP contribution >= 0.6 is 23.4 Å². The van der Waals surface area contributed by atoms with Gasteiger partial charge in [0.2, 0.25) is 0 Å². The molecule has 0 aliphatic rings. The van der Waals surface area contributed by atoms with Gasteiger partial charge in [0.25, 0.3) is 0 Å². The maximum atomic E-state index is 8.63. The van der Waals surface area contributed by atoms with Crippen molar-refractivity contribution in [2.24, 2.45) is 16.8 Å². The summed E-state index contributed by atoms with van der Waals surface area (Å²) in [6, 6.07) is 1.63. The van der Waals surface area contributed by atoms with Crippen LogP contribution in [0.15, 0.2) is 22.4 Å². The van der Waals surface area contributed by atoms with Crippen LogP contribution in [0, 0.1) is 5.92 Å². The summed E-state index contributed by atoms with van der Waals surface area (Å²) in [7, 11) is 0. The lowest BCUT2D eigenvalue weighted by molar-refractivity contribution is 0.318. The monoisotopic (exact) mass is 273 g/mol. The van der Waals surface area contributed by atoms with Crippen LogP contribution in [-0.4, -0.2) is 21.8 Å². The molecular weight excluding hydrogens is 258 g/mol. The molecule has 0 saturated carbocycles. The van der Waals surface area contributed by atoms with E-state index in [4.69, 9.17) is 22.5 Å². The first-order chi connectivity index (χ1) is 8.06. The summed E-state index contributed by atoms with van der Waals surface area (Å²) in [5.41, 5.74) is 6.03. The summed E-state index contributed by atoms with van der Waals surface area (Å²) in [5.74, 6) is 1.60. The molecule has 1 rings (SSSR count). The molecule has 1 heterocycles. The fourth-order valence-corrected chi connectivity index (χ4v) is 2.70. The molecule has 0 unspecified atom stereocenters. The second-order valence-corrected chi connectivity index (χ2v) is 5.46. The van der Waals surface area contributed by atoms with Crippen molar-refractivity contribution < 1.29 is 5.21 Å². The number of thioether (sulfide) groups is 1. The molecule has 0 amide bonds. The number of amidine groups is 1. The van der Waals surface area contributed by atoms with E-state index >= 15 is 0 Å². The van der Waals surface area contributed by atoms with Crippen molar-refractivity contribution in [3.05, 3.63) is 22.8 Å². The Hall–Kier alpha value is -0.940. The Labute approximate surface area is 110 Å². The van der Waals surface area contributed by atoms with Gasteiger partial charge in [0.05, 0.1) is 5.02 Å². The number of aromatic nitrogens is 1. The topological polar surface area (TPSA) is 71.5 Å². The first-order valence-corrected chi connectivity index (χ1v) is 6.67. The minimum Gasteiger partial charge on any atom is -0.409 e. The average Bonchev–Trinajstić information content (AvgIpc) is 2.30. The molecule has 0 bridgehead atoms. The second-order valence-electron chi connectivity index (χ2n) is 3.99. The molecule has 17 heavy (non-hydrogen) atoms. The highest BCUT2D eigenvalue weighted by molar-refractivity contribution is 7.99. The molecule has 3 N–H and O–H groups in total. The highest BCUT2D eigenvalue weighted by atomic mass is 35.5. The first kappa shape index (κ1) is 14.1. The highest BCUT2D eigenvalue weighted by Gasteiger charge is 2.11. The van der Waals surface area contributed by atoms with Gasteiger partial charge in [-0.25, -0.2) is 4.98 Å². The zero-order valence-corrected chi connectivity index (χ0v) is 11.4. The van der Waals surface area contributed by atoms with Gasteiger partial charge in [0.15, 0.2) is 5.84 Å². The van der Waals surface area contributed by atoms with Gasteiger partial charge in [0.1, 0.15) is 5.03 Å². The number of nitrogens with zero attached hydrogens (tertiary/aromatic N) is 2. The Bertz CT molecular complexity index is 410. The second kappa shape index (κ2) is 6.71. The van der Waals surface area contributed by atoms with Gasteiger partial charge in [-0.05, 0) is 24.2 Å². The van der Waals surface area contributed by atoms with Crippen LogP contribution in [0.2, 0.25) is 5.02 Å². The first-order valence-electron chi connectivity index (χ1n) is 5.31. The number of hydrogen-bond acceptors (Lipinski definition) is 4. The van der Waals surface area contributed by atoms with E-state index in [-0.39, 0.29) is 5.84 Å². The van der Waals surface area contributed by atoms with Crippen molar-refractivity contribution >= 4 is 29.2 Å². The quantitative estimate of drug-likeness (QED) is 0.284. The molecule has 6 heteroatoms. The molecule has 0 aliphatic carbocycles. The maximum Gasteiger partial charge on any atom is 0.171 e. The molecule has 4 nitrogen and oxygen atoms in total. The Morgan fingerprint density at radius 2 is 2.35 bits per heavy atom. The molecule has 0 spiro atoms. The molecule has 0 fully saturated rings. The van der Waals surface area contributed by atoms with Gasteiger partial charge in [-0.3, -0.25) is 0 Å². The van der Waals surface area contributed by atoms with Gasteiger partial charge in [-0.1, -0.05) is 30.6 Å². The van der Waals surface area contributed by atoms with Crippen molar-refractivity contribution in [2.75, 3.05) is 5.75 Å². The number of rotatable bonds is 5. The van der Waals surface area contributed by atoms with Crippen molar-refractivity contribution in [2.45, 2.75) is 25.3 Å². The normalized spacial score (nSPS) is 12.1. The van der Waals surface area contributed by atoms with E-state index in [1.54, 1.807) is 24.0 Å². The molecule has 0 aromatic carbocycles. The van der Waals surface area contributed by atoms with Gasteiger partial charge in [-0.2, -0.15) is 0 Å². The molecule has 94 valence electrons. The van der Waals surface area contributed by atoms with Crippen LogP contribution in [0.1, 0.15) is 25.8 Å². The van der Waals surface area contributed by atoms with Crippen LogP contribution in [0.4, 0.5) is 0 Å². The molecule has 1 aromatic rings. The van der Waals surface area contributed by atoms with E-state index < -0.39 is 0 Å². The zero-order chi connectivity index (χ0) is 12.8. The third-order valence-corrected chi connectivity index (χ3v) is 3.69. The van der Waals surface area contributed by atoms with Crippen LogP contribution in [-0.2, 0) is 0 Å². The van der Waals surface area contributed by atoms with Gasteiger partial charge < -0.3 is 10.9 Å². The summed E-state index contributed by atoms with van der Waals surface area (Å²) < 4.78 is 0. The predicted molar refractivity (Wildman–Crippen MR) is 71.9 cm³/mol. The standard InChI is InChI=1S/C11H16ClN3OS/c1-7(2)4-6-17-11-9(12)8(3-5-14-11)10(13)15-16/h3,5,7,16H,4,6H2,1-2H3,(H2,13,15). The van der Waals surface area contributed by atoms with E-state index in [2.05, 4.69) is 24.0 Å². The third-order valence-electron chi connectivity index (χ3n) is 2.17. The molecule has 1 aromatic heterocycles. The number of nitrogens with two attached hydrogens (primary N) is 1. The van der Waals surface area contributed by atoms with Gasteiger partial charge in [0, 0.05) is 11.8 Å². The van der Waals surface area contributed by atoms with Gasteiger partial charge in [-0.15, -0.1) is 11.8 Å². The van der Waals surface area contributed by atoms with E-state index in [9.17, 15) is 0 Å².